The Morgan fingerprint density at radius 2 is 1.69 bits per heavy atom. The van der Waals surface area contributed by atoms with E-state index in [1.165, 1.54) is 33.3 Å². The lowest BCUT2D eigenvalue weighted by Gasteiger charge is -2.63. The first-order valence-corrected chi connectivity index (χ1v) is 12.1. The molecular formula is C26H34O9. The summed E-state index contributed by atoms with van der Waals surface area (Å²) in [5.41, 5.74) is -2.00. The Labute approximate surface area is 204 Å². The largest absolute Gasteiger partial charge is 0.472 e. The number of carbonyl (C=O) groups excluding carboxylic acids is 4. The molecule has 2 heterocycles. The fourth-order valence-electron chi connectivity index (χ4n) is 6.91. The van der Waals surface area contributed by atoms with E-state index in [2.05, 4.69) is 13.8 Å². The minimum Gasteiger partial charge on any atom is -0.472 e. The van der Waals surface area contributed by atoms with Crippen molar-refractivity contribution in [2.24, 2.45) is 22.7 Å². The summed E-state index contributed by atoms with van der Waals surface area (Å²) in [5.74, 6) is -1.62. The van der Waals surface area contributed by atoms with E-state index in [1.54, 1.807) is 6.07 Å². The van der Waals surface area contributed by atoms with Crippen LogP contribution in [0.3, 0.4) is 0 Å². The Hall–Kier alpha value is -2.68. The normalized spacial score (nSPS) is 37.7. The summed E-state index contributed by atoms with van der Waals surface area (Å²) >= 11 is 0. The lowest BCUT2D eigenvalue weighted by Crippen LogP contribution is -2.70. The van der Waals surface area contributed by atoms with E-state index >= 15 is 0 Å². The quantitative estimate of drug-likeness (QED) is 0.245. The second-order valence-corrected chi connectivity index (χ2v) is 10.6. The summed E-state index contributed by atoms with van der Waals surface area (Å²) in [6.45, 7) is 8.38. The van der Waals surface area contributed by atoms with Gasteiger partial charge in [0.25, 0.3) is 0 Å². The molecule has 0 radical (unpaired) electrons. The van der Waals surface area contributed by atoms with E-state index in [9.17, 15) is 19.2 Å². The molecule has 1 saturated heterocycles. The average molecular weight is 491 g/mol. The highest BCUT2D eigenvalue weighted by Gasteiger charge is 2.79. The number of fused-ring (bicyclic) bond motifs is 2. The van der Waals surface area contributed by atoms with E-state index in [0.29, 0.717) is 24.8 Å². The number of hydrogen-bond acceptors (Lipinski definition) is 9. The third-order valence-corrected chi connectivity index (χ3v) is 8.68. The first-order chi connectivity index (χ1) is 16.5. The van der Waals surface area contributed by atoms with Crippen molar-refractivity contribution in [1.29, 1.82) is 0 Å². The molecule has 35 heavy (non-hydrogen) atoms. The van der Waals surface area contributed by atoms with Crippen molar-refractivity contribution < 1.29 is 42.5 Å². The number of ketones is 1. The van der Waals surface area contributed by atoms with Gasteiger partial charge in [-0.25, -0.2) is 0 Å². The summed E-state index contributed by atoms with van der Waals surface area (Å²) < 4.78 is 28.5. The van der Waals surface area contributed by atoms with Crippen molar-refractivity contribution in [1.82, 2.24) is 0 Å². The molecule has 0 amide bonds. The van der Waals surface area contributed by atoms with E-state index in [0.717, 1.165) is 0 Å². The zero-order valence-electron chi connectivity index (χ0n) is 21.0. The molecule has 192 valence electrons. The fraction of sp³-hybridized carbons (Fsp3) is 0.692. The molecule has 1 aromatic heterocycles. The van der Waals surface area contributed by atoms with Crippen LogP contribution in [0.15, 0.2) is 23.0 Å². The van der Waals surface area contributed by atoms with Gasteiger partial charge in [0.2, 0.25) is 0 Å². The van der Waals surface area contributed by atoms with Crippen molar-refractivity contribution in [3.05, 3.63) is 24.2 Å². The number of Topliss-reactive ketones (excluding diaryl/α,β-unsaturated/α-hetero) is 1. The third-order valence-electron chi connectivity index (χ3n) is 8.68. The fourth-order valence-corrected chi connectivity index (χ4v) is 6.91. The van der Waals surface area contributed by atoms with Gasteiger partial charge in [-0.2, -0.15) is 0 Å². The Balaban J connectivity index is 1.83. The van der Waals surface area contributed by atoms with Crippen molar-refractivity contribution in [3.8, 4) is 0 Å². The van der Waals surface area contributed by atoms with Gasteiger partial charge in [0, 0.05) is 27.2 Å². The third kappa shape index (κ3) is 4.17. The maximum Gasteiger partial charge on any atom is 0.303 e. The van der Waals surface area contributed by atoms with Gasteiger partial charge in [0.1, 0.15) is 30.7 Å². The molecule has 1 spiro atoms. The van der Waals surface area contributed by atoms with Gasteiger partial charge in [-0.05, 0) is 42.6 Å². The molecule has 0 aromatic carbocycles. The van der Waals surface area contributed by atoms with Gasteiger partial charge < -0.3 is 23.4 Å². The first kappa shape index (κ1) is 25.4. The highest BCUT2D eigenvalue weighted by molar-refractivity contribution is 5.96. The molecular weight excluding hydrogens is 456 g/mol. The van der Waals surface area contributed by atoms with Crippen molar-refractivity contribution in [3.63, 3.8) is 0 Å². The van der Waals surface area contributed by atoms with E-state index in [4.69, 9.17) is 23.4 Å². The number of rotatable bonds is 7. The van der Waals surface area contributed by atoms with Crippen LogP contribution in [0.5, 0.6) is 0 Å². The van der Waals surface area contributed by atoms with Gasteiger partial charge in [-0.15, -0.1) is 0 Å². The summed E-state index contributed by atoms with van der Waals surface area (Å²) in [6, 6.07) is 1.65. The average Bonchev–Trinajstić information content (AvgIpc) is 3.35. The molecule has 9 nitrogen and oxygen atoms in total. The number of esters is 3. The second kappa shape index (κ2) is 9.08. The predicted octanol–water partition coefficient (Wildman–Crippen LogP) is 3.49. The molecule has 1 aliphatic heterocycles. The zero-order valence-corrected chi connectivity index (χ0v) is 21.0. The van der Waals surface area contributed by atoms with Gasteiger partial charge in [0.05, 0.1) is 23.8 Å². The summed E-state index contributed by atoms with van der Waals surface area (Å²) in [6.07, 6.45) is 3.49. The lowest BCUT2D eigenvalue weighted by atomic mass is 9.42. The number of ether oxygens (including phenoxy) is 4. The van der Waals surface area contributed by atoms with Crippen LogP contribution in [0.2, 0.25) is 0 Å². The lowest BCUT2D eigenvalue weighted by molar-refractivity contribution is -0.247. The molecule has 4 rings (SSSR count). The minimum absolute atomic E-state index is 0.000713. The smallest absolute Gasteiger partial charge is 0.303 e. The molecule has 3 aliphatic rings. The predicted molar refractivity (Wildman–Crippen MR) is 121 cm³/mol. The second-order valence-electron chi connectivity index (χ2n) is 10.6. The first-order valence-electron chi connectivity index (χ1n) is 12.1. The Bertz CT molecular complexity index is 994. The molecule has 3 fully saturated rings. The highest BCUT2D eigenvalue weighted by atomic mass is 16.6. The van der Waals surface area contributed by atoms with Gasteiger partial charge in [-0.1, -0.05) is 13.8 Å². The van der Waals surface area contributed by atoms with Crippen LogP contribution in [0.1, 0.15) is 70.7 Å². The molecule has 2 aliphatic carbocycles. The van der Waals surface area contributed by atoms with E-state index in [-0.39, 0.29) is 37.3 Å². The van der Waals surface area contributed by atoms with Crippen LogP contribution in [0.4, 0.5) is 0 Å². The molecule has 2 saturated carbocycles. The molecule has 9 heteroatoms. The SMILES string of the molecule is CC(=O)OC[C@@]12[C@@H](OC(C)=O)C[C@@H](C)[C@](C)(CC(=O)c3ccoc3)[C@H]1CC[C@@H](OC(C)=O)[C@]21CO1. The summed E-state index contributed by atoms with van der Waals surface area (Å²) in [4.78, 5) is 49.5. The Morgan fingerprint density at radius 3 is 2.23 bits per heavy atom. The summed E-state index contributed by atoms with van der Waals surface area (Å²) in [7, 11) is 0. The Kier molecular flexibility index (Phi) is 6.59. The van der Waals surface area contributed by atoms with Gasteiger partial charge >= 0.3 is 17.9 Å². The molecule has 0 unspecified atom stereocenters. The minimum atomic E-state index is -0.985. The van der Waals surface area contributed by atoms with Gasteiger partial charge in [-0.3, -0.25) is 19.2 Å². The van der Waals surface area contributed by atoms with Gasteiger partial charge in [0.15, 0.2) is 5.78 Å². The van der Waals surface area contributed by atoms with Crippen molar-refractivity contribution in [2.45, 2.75) is 78.1 Å². The highest BCUT2D eigenvalue weighted by Crippen LogP contribution is 2.69. The molecule has 0 N–H and O–H groups in total. The van der Waals surface area contributed by atoms with Crippen LogP contribution < -0.4 is 0 Å². The number of carbonyl (C=O) groups is 4. The topological polar surface area (TPSA) is 122 Å². The van der Waals surface area contributed by atoms with Crippen LogP contribution in [-0.2, 0) is 33.3 Å². The van der Waals surface area contributed by atoms with E-state index < -0.39 is 46.5 Å². The number of epoxide rings is 1. The standard InChI is InChI=1S/C26H34O9/c1-15-10-23(35-18(4)29)25(13-32-16(2)27)21(6-7-22(34-17(3)28)26(25)14-33-26)24(15,5)11-20(30)19-8-9-31-12-19/h8-9,12,15,21-23H,6-7,10-11,13-14H2,1-5H3/t15-,21-,22-,23+,24+,25+,26-/m1/s1. The number of furan rings is 1. The van der Waals surface area contributed by atoms with Crippen molar-refractivity contribution in [2.75, 3.05) is 13.2 Å². The van der Waals surface area contributed by atoms with Crippen LogP contribution >= 0.6 is 0 Å². The van der Waals surface area contributed by atoms with Crippen LogP contribution in [-0.4, -0.2) is 54.7 Å². The monoisotopic (exact) mass is 490 g/mol. The summed E-state index contributed by atoms with van der Waals surface area (Å²) in [5, 5.41) is 0. The van der Waals surface area contributed by atoms with Crippen molar-refractivity contribution >= 4 is 23.7 Å². The zero-order chi connectivity index (χ0) is 25.6. The molecule has 0 bridgehead atoms. The maximum absolute atomic E-state index is 13.3. The maximum atomic E-state index is 13.3. The van der Waals surface area contributed by atoms with Crippen LogP contribution in [0.25, 0.3) is 0 Å². The Morgan fingerprint density at radius 1 is 1.03 bits per heavy atom. The number of hydrogen-bond donors (Lipinski definition) is 0. The van der Waals surface area contributed by atoms with Crippen LogP contribution in [0, 0.1) is 22.7 Å². The molecule has 1 aromatic rings. The van der Waals surface area contributed by atoms with E-state index in [1.807, 2.05) is 0 Å². The molecule has 7 atom stereocenters.